The SMILES string of the molecule is CCC(C#N)S(=O)(=O)NCC(C)N(C)C. The van der Waals surface area contributed by atoms with E-state index in [1.807, 2.05) is 25.9 Å². The number of rotatable bonds is 6. The summed E-state index contributed by atoms with van der Waals surface area (Å²) >= 11 is 0. The topological polar surface area (TPSA) is 73.2 Å². The smallest absolute Gasteiger partial charge is 0.228 e. The average Bonchev–Trinajstić information content (AvgIpc) is 2.15. The predicted octanol–water partition coefficient (Wildman–Crippen LogP) is 0.158. The molecule has 88 valence electrons. The molecule has 6 heteroatoms. The molecule has 0 heterocycles. The number of hydrogen-bond acceptors (Lipinski definition) is 4. The van der Waals surface area contributed by atoms with E-state index < -0.39 is 15.3 Å². The van der Waals surface area contributed by atoms with Gasteiger partial charge in [-0.25, -0.2) is 13.1 Å². The molecule has 0 aromatic rings. The number of nitrogens with one attached hydrogen (secondary N) is 1. The van der Waals surface area contributed by atoms with E-state index in [2.05, 4.69) is 4.72 Å². The Morgan fingerprint density at radius 3 is 2.33 bits per heavy atom. The molecule has 0 fully saturated rings. The Bertz CT molecular complexity index is 319. The molecule has 0 aromatic carbocycles. The van der Waals surface area contributed by atoms with Gasteiger partial charge in [0.15, 0.2) is 5.25 Å². The second kappa shape index (κ2) is 6.05. The lowest BCUT2D eigenvalue weighted by Gasteiger charge is -2.20. The van der Waals surface area contributed by atoms with Crippen LogP contribution in [0.2, 0.25) is 0 Å². The number of sulfonamides is 1. The molecule has 0 radical (unpaired) electrons. The van der Waals surface area contributed by atoms with Crippen LogP contribution in [0.1, 0.15) is 20.3 Å². The predicted molar refractivity (Wildman–Crippen MR) is 59.8 cm³/mol. The maximum Gasteiger partial charge on any atom is 0.228 e. The molecule has 15 heavy (non-hydrogen) atoms. The molecule has 0 aromatic heterocycles. The van der Waals surface area contributed by atoms with Crippen LogP contribution < -0.4 is 4.72 Å². The Balaban J connectivity index is 4.35. The second-order valence-electron chi connectivity index (χ2n) is 3.73. The van der Waals surface area contributed by atoms with Gasteiger partial charge in [0.25, 0.3) is 0 Å². The Kier molecular flexibility index (Phi) is 5.80. The van der Waals surface area contributed by atoms with Gasteiger partial charge in [-0.1, -0.05) is 6.92 Å². The third-order valence-corrected chi connectivity index (χ3v) is 4.11. The average molecular weight is 233 g/mol. The van der Waals surface area contributed by atoms with Crippen LogP contribution in [0, 0.1) is 11.3 Å². The van der Waals surface area contributed by atoms with Crippen molar-refractivity contribution in [3.8, 4) is 6.07 Å². The van der Waals surface area contributed by atoms with E-state index in [1.54, 1.807) is 13.0 Å². The summed E-state index contributed by atoms with van der Waals surface area (Å²) in [6, 6.07) is 1.89. The van der Waals surface area contributed by atoms with Crippen LogP contribution in [0.4, 0.5) is 0 Å². The fourth-order valence-corrected chi connectivity index (χ4v) is 2.15. The van der Waals surface area contributed by atoms with E-state index in [1.165, 1.54) is 0 Å². The number of hydrogen-bond donors (Lipinski definition) is 1. The maximum absolute atomic E-state index is 11.6. The van der Waals surface area contributed by atoms with E-state index >= 15 is 0 Å². The van der Waals surface area contributed by atoms with Crippen LogP contribution in [0.5, 0.6) is 0 Å². The van der Waals surface area contributed by atoms with Crippen molar-refractivity contribution < 1.29 is 8.42 Å². The molecule has 1 N–H and O–H groups in total. The molecule has 5 nitrogen and oxygen atoms in total. The van der Waals surface area contributed by atoms with Gasteiger partial charge in [-0.3, -0.25) is 0 Å². The van der Waals surface area contributed by atoms with Crippen molar-refractivity contribution in [2.45, 2.75) is 31.6 Å². The highest BCUT2D eigenvalue weighted by atomic mass is 32.2. The lowest BCUT2D eigenvalue weighted by atomic mass is 10.3. The monoisotopic (exact) mass is 233 g/mol. The molecule has 0 saturated carbocycles. The van der Waals surface area contributed by atoms with Crippen LogP contribution in [0.25, 0.3) is 0 Å². The summed E-state index contributed by atoms with van der Waals surface area (Å²) in [5.41, 5.74) is 0. The molecule has 0 aliphatic carbocycles. The standard InChI is InChI=1S/C9H19N3O2S/c1-5-9(6-10)15(13,14)11-7-8(2)12(3)4/h8-9,11H,5,7H2,1-4H3. The third kappa shape index (κ3) is 4.60. The lowest BCUT2D eigenvalue weighted by molar-refractivity contribution is 0.313. The Morgan fingerprint density at radius 2 is 2.00 bits per heavy atom. The summed E-state index contributed by atoms with van der Waals surface area (Å²) in [4.78, 5) is 1.91. The number of likely N-dealkylation sites (N-methyl/N-ethyl adjacent to an activating group) is 1. The van der Waals surface area contributed by atoms with Crippen LogP contribution >= 0.6 is 0 Å². The van der Waals surface area contributed by atoms with Gasteiger partial charge in [0.05, 0.1) is 6.07 Å². The first-order valence-corrected chi connectivity index (χ1v) is 6.44. The van der Waals surface area contributed by atoms with E-state index in [9.17, 15) is 8.42 Å². The molecular weight excluding hydrogens is 214 g/mol. The highest BCUT2D eigenvalue weighted by molar-refractivity contribution is 7.90. The number of nitrogens with zero attached hydrogens (tertiary/aromatic N) is 2. The lowest BCUT2D eigenvalue weighted by Crippen LogP contribution is -2.41. The van der Waals surface area contributed by atoms with E-state index in [-0.39, 0.29) is 6.04 Å². The van der Waals surface area contributed by atoms with Gasteiger partial charge in [-0.05, 0) is 27.4 Å². The quantitative estimate of drug-likeness (QED) is 0.709. The highest BCUT2D eigenvalue weighted by Gasteiger charge is 2.23. The first-order chi connectivity index (χ1) is 6.85. The third-order valence-electron chi connectivity index (χ3n) is 2.35. The Morgan fingerprint density at radius 1 is 1.47 bits per heavy atom. The van der Waals surface area contributed by atoms with Crippen LogP contribution in [-0.2, 0) is 10.0 Å². The number of nitriles is 1. The van der Waals surface area contributed by atoms with E-state index in [0.29, 0.717) is 13.0 Å². The molecule has 0 rings (SSSR count). The van der Waals surface area contributed by atoms with Crippen LogP contribution in [0.15, 0.2) is 0 Å². The largest absolute Gasteiger partial charge is 0.305 e. The minimum Gasteiger partial charge on any atom is -0.305 e. The summed E-state index contributed by atoms with van der Waals surface area (Å²) in [5, 5.41) is 7.70. The Hall–Kier alpha value is -0.640. The van der Waals surface area contributed by atoms with Crippen LogP contribution in [-0.4, -0.2) is 45.2 Å². The zero-order valence-electron chi connectivity index (χ0n) is 9.69. The molecular formula is C9H19N3O2S. The second-order valence-corrected chi connectivity index (χ2v) is 5.68. The summed E-state index contributed by atoms with van der Waals surface area (Å²) < 4.78 is 25.6. The minimum absolute atomic E-state index is 0.107. The highest BCUT2D eigenvalue weighted by Crippen LogP contribution is 2.03. The molecule has 2 atom stereocenters. The molecule has 0 saturated heterocycles. The van der Waals surface area contributed by atoms with Crippen molar-refractivity contribution >= 4 is 10.0 Å². The van der Waals surface area contributed by atoms with Crippen molar-refractivity contribution in [1.82, 2.24) is 9.62 Å². The Labute approximate surface area is 92.1 Å². The molecule has 2 unspecified atom stereocenters. The molecule has 0 spiro atoms. The summed E-state index contributed by atoms with van der Waals surface area (Å²) in [6.07, 6.45) is 0.308. The minimum atomic E-state index is -3.49. The van der Waals surface area contributed by atoms with Crippen LogP contribution in [0.3, 0.4) is 0 Å². The van der Waals surface area contributed by atoms with Crippen molar-refractivity contribution in [2.75, 3.05) is 20.6 Å². The molecule has 0 amide bonds. The zero-order valence-corrected chi connectivity index (χ0v) is 10.5. The van der Waals surface area contributed by atoms with E-state index in [0.717, 1.165) is 0 Å². The molecule has 0 aliphatic rings. The molecule has 0 aliphatic heterocycles. The van der Waals surface area contributed by atoms with Gasteiger partial charge in [0, 0.05) is 12.6 Å². The van der Waals surface area contributed by atoms with Gasteiger partial charge in [-0.15, -0.1) is 0 Å². The van der Waals surface area contributed by atoms with Crippen molar-refractivity contribution in [3.05, 3.63) is 0 Å². The van der Waals surface area contributed by atoms with Gasteiger partial charge in [0.1, 0.15) is 0 Å². The van der Waals surface area contributed by atoms with Crippen molar-refractivity contribution in [3.63, 3.8) is 0 Å². The first kappa shape index (κ1) is 14.4. The summed E-state index contributed by atoms with van der Waals surface area (Å²) in [5.74, 6) is 0. The van der Waals surface area contributed by atoms with Crippen molar-refractivity contribution in [1.29, 1.82) is 5.26 Å². The van der Waals surface area contributed by atoms with E-state index in [4.69, 9.17) is 5.26 Å². The summed E-state index contributed by atoms with van der Waals surface area (Å²) in [7, 11) is 0.262. The molecule has 0 bridgehead atoms. The zero-order chi connectivity index (χ0) is 12.1. The fourth-order valence-electron chi connectivity index (χ4n) is 0.900. The van der Waals surface area contributed by atoms with Gasteiger partial charge in [-0.2, -0.15) is 5.26 Å². The normalized spacial score (nSPS) is 16.0. The van der Waals surface area contributed by atoms with Crippen molar-refractivity contribution in [2.24, 2.45) is 0 Å². The van der Waals surface area contributed by atoms with Gasteiger partial charge in [0.2, 0.25) is 10.0 Å². The first-order valence-electron chi connectivity index (χ1n) is 4.89. The fraction of sp³-hybridized carbons (Fsp3) is 0.889. The maximum atomic E-state index is 11.6. The summed E-state index contributed by atoms with van der Waals surface area (Å²) in [6.45, 7) is 3.92. The van der Waals surface area contributed by atoms with Gasteiger partial charge < -0.3 is 4.90 Å². The van der Waals surface area contributed by atoms with Gasteiger partial charge >= 0.3 is 0 Å².